The Morgan fingerprint density at radius 2 is 2.11 bits per heavy atom. The van der Waals surface area contributed by atoms with E-state index in [2.05, 4.69) is 9.59 Å². The van der Waals surface area contributed by atoms with Crippen molar-refractivity contribution in [1.82, 2.24) is 9.59 Å². The Bertz CT molecular complexity index is 559. The molecule has 0 fully saturated rings. The molecule has 94 valence electrons. The lowest BCUT2D eigenvalue weighted by molar-refractivity contribution is 0.171. The summed E-state index contributed by atoms with van der Waals surface area (Å²) in [6, 6.07) is 5.92. The van der Waals surface area contributed by atoms with E-state index in [1.807, 2.05) is 18.2 Å². The molecule has 1 aromatic carbocycles. The number of thioether (sulfide) groups is 1. The van der Waals surface area contributed by atoms with Crippen LogP contribution in [0.15, 0.2) is 23.1 Å². The van der Waals surface area contributed by atoms with Gasteiger partial charge in [0.1, 0.15) is 23.9 Å². The van der Waals surface area contributed by atoms with Crippen molar-refractivity contribution in [2.45, 2.75) is 10.6 Å². The summed E-state index contributed by atoms with van der Waals surface area (Å²) < 4.78 is 14.8. The standard InChI is InChI=1S/C11H11N3O2S2/c12-11-8(13-14-18-11)6-17-7-1-2-9-10(5-7)16-4-3-15-9/h1-2,5H,3-4,6,12H2. The number of nitrogens with two attached hydrogens (primary N) is 1. The summed E-state index contributed by atoms with van der Waals surface area (Å²) in [7, 11) is 0. The molecule has 2 N–H and O–H groups in total. The van der Waals surface area contributed by atoms with Crippen molar-refractivity contribution in [3.63, 3.8) is 0 Å². The zero-order valence-corrected chi connectivity index (χ0v) is 11.1. The summed E-state index contributed by atoms with van der Waals surface area (Å²) in [5.74, 6) is 2.32. The average molecular weight is 281 g/mol. The molecule has 1 aliphatic heterocycles. The number of ether oxygens (including phenoxy) is 2. The van der Waals surface area contributed by atoms with Gasteiger partial charge in [-0.05, 0) is 18.2 Å². The number of aromatic nitrogens is 2. The van der Waals surface area contributed by atoms with E-state index in [0.29, 0.717) is 24.0 Å². The molecule has 2 heterocycles. The van der Waals surface area contributed by atoms with E-state index in [-0.39, 0.29) is 0 Å². The van der Waals surface area contributed by atoms with E-state index < -0.39 is 0 Å². The van der Waals surface area contributed by atoms with Gasteiger partial charge in [0.25, 0.3) is 0 Å². The van der Waals surface area contributed by atoms with Gasteiger partial charge in [-0.2, -0.15) is 0 Å². The molecule has 0 radical (unpaired) electrons. The van der Waals surface area contributed by atoms with Gasteiger partial charge in [-0.15, -0.1) is 16.9 Å². The fraction of sp³-hybridized carbons (Fsp3) is 0.273. The van der Waals surface area contributed by atoms with Crippen molar-refractivity contribution >= 4 is 28.3 Å². The SMILES string of the molecule is Nc1snnc1CSc1ccc2c(c1)OCCO2. The molecule has 1 aliphatic rings. The van der Waals surface area contributed by atoms with E-state index in [1.54, 1.807) is 11.8 Å². The van der Waals surface area contributed by atoms with Gasteiger partial charge in [0, 0.05) is 22.2 Å². The molecular formula is C11H11N3O2S2. The second kappa shape index (κ2) is 5.03. The van der Waals surface area contributed by atoms with Crippen molar-refractivity contribution in [2.75, 3.05) is 18.9 Å². The second-order valence-electron chi connectivity index (χ2n) is 3.68. The van der Waals surface area contributed by atoms with Gasteiger partial charge in [0.2, 0.25) is 0 Å². The molecular weight excluding hydrogens is 270 g/mol. The van der Waals surface area contributed by atoms with E-state index in [1.165, 1.54) is 11.5 Å². The molecule has 18 heavy (non-hydrogen) atoms. The van der Waals surface area contributed by atoms with Crippen LogP contribution in [0.4, 0.5) is 5.00 Å². The molecule has 0 saturated heterocycles. The Labute approximate surface area is 112 Å². The topological polar surface area (TPSA) is 70.3 Å². The largest absolute Gasteiger partial charge is 0.486 e. The first-order valence-corrected chi connectivity index (χ1v) is 7.18. The number of anilines is 1. The minimum Gasteiger partial charge on any atom is -0.486 e. The first-order valence-electron chi connectivity index (χ1n) is 5.42. The van der Waals surface area contributed by atoms with Crippen LogP contribution in [-0.2, 0) is 5.75 Å². The lowest BCUT2D eigenvalue weighted by Crippen LogP contribution is -2.15. The van der Waals surface area contributed by atoms with Crippen molar-refractivity contribution < 1.29 is 9.47 Å². The number of nitrogens with zero attached hydrogens (tertiary/aromatic N) is 2. The maximum atomic E-state index is 5.75. The molecule has 1 aromatic heterocycles. The highest BCUT2D eigenvalue weighted by atomic mass is 32.2. The summed E-state index contributed by atoms with van der Waals surface area (Å²) >= 11 is 2.87. The molecule has 0 amide bonds. The molecule has 0 aliphatic carbocycles. The van der Waals surface area contributed by atoms with Gasteiger partial charge in [-0.3, -0.25) is 0 Å². The first-order chi connectivity index (χ1) is 8.83. The Kier molecular flexibility index (Phi) is 3.24. The summed E-state index contributed by atoms with van der Waals surface area (Å²) in [5, 5.41) is 4.67. The number of nitrogen functional groups attached to an aromatic ring is 1. The zero-order valence-electron chi connectivity index (χ0n) is 9.46. The van der Waals surface area contributed by atoms with Crippen molar-refractivity contribution in [1.29, 1.82) is 0 Å². The van der Waals surface area contributed by atoms with E-state index >= 15 is 0 Å². The number of rotatable bonds is 3. The molecule has 0 unspecified atom stereocenters. The van der Waals surface area contributed by atoms with Crippen molar-refractivity contribution in [3.8, 4) is 11.5 Å². The van der Waals surface area contributed by atoms with Gasteiger partial charge in [0.05, 0.1) is 0 Å². The first kappa shape index (κ1) is 11.6. The fourth-order valence-electron chi connectivity index (χ4n) is 1.58. The van der Waals surface area contributed by atoms with E-state index in [9.17, 15) is 0 Å². The van der Waals surface area contributed by atoms with Crippen LogP contribution in [0, 0.1) is 0 Å². The highest BCUT2D eigenvalue weighted by Gasteiger charge is 2.12. The summed E-state index contributed by atoms with van der Waals surface area (Å²) in [6.45, 7) is 1.21. The average Bonchev–Trinajstić information content (AvgIpc) is 2.82. The van der Waals surface area contributed by atoms with Crippen LogP contribution in [-0.4, -0.2) is 22.8 Å². The van der Waals surface area contributed by atoms with Crippen LogP contribution in [0.2, 0.25) is 0 Å². The summed E-state index contributed by atoms with van der Waals surface area (Å²) in [5.41, 5.74) is 6.58. The molecule has 0 atom stereocenters. The Hall–Kier alpha value is -1.47. The predicted molar refractivity (Wildman–Crippen MR) is 71.3 cm³/mol. The van der Waals surface area contributed by atoms with Crippen LogP contribution >= 0.6 is 23.3 Å². The lowest BCUT2D eigenvalue weighted by atomic mass is 10.3. The molecule has 7 heteroatoms. The van der Waals surface area contributed by atoms with Gasteiger partial charge in [-0.1, -0.05) is 4.49 Å². The third kappa shape index (κ3) is 2.37. The quantitative estimate of drug-likeness (QED) is 0.870. The minimum atomic E-state index is 0.601. The summed E-state index contributed by atoms with van der Waals surface area (Å²) in [4.78, 5) is 1.10. The highest BCUT2D eigenvalue weighted by molar-refractivity contribution is 7.98. The molecule has 5 nitrogen and oxygen atoms in total. The van der Waals surface area contributed by atoms with Crippen molar-refractivity contribution in [2.24, 2.45) is 0 Å². The monoisotopic (exact) mass is 281 g/mol. The van der Waals surface area contributed by atoms with E-state index in [4.69, 9.17) is 15.2 Å². The van der Waals surface area contributed by atoms with E-state index in [0.717, 1.165) is 22.1 Å². The predicted octanol–water partition coefficient (Wildman–Crippen LogP) is 2.18. The molecule has 0 spiro atoms. The Morgan fingerprint density at radius 1 is 1.28 bits per heavy atom. The Morgan fingerprint density at radius 3 is 2.89 bits per heavy atom. The highest BCUT2D eigenvalue weighted by Crippen LogP contribution is 2.35. The minimum absolute atomic E-state index is 0.601. The van der Waals surface area contributed by atoms with Crippen LogP contribution in [0.5, 0.6) is 11.5 Å². The lowest BCUT2D eigenvalue weighted by Gasteiger charge is -2.18. The normalized spacial score (nSPS) is 13.6. The third-order valence-electron chi connectivity index (χ3n) is 2.47. The smallest absolute Gasteiger partial charge is 0.162 e. The number of fused-ring (bicyclic) bond motifs is 1. The van der Waals surface area contributed by atoms with Crippen molar-refractivity contribution in [3.05, 3.63) is 23.9 Å². The number of benzene rings is 1. The molecule has 0 saturated carbocycles. The van der Waals surface area contributed by atoms with Gasteiger partial charge >= 0.3 is 0 Å². The maximum Gasteiger partial charge on any atom is 0.162 e. The van der Waals surface area contributed by atoms with Crippen LogP contribution in [0.1, 0.15) is 5.69 Å². The van der Waals surface area contributed by atoms with Crippen LogP contribution in [0.3, 0.4) is 0 Å². The zero-order chi connectivity index (χ0) is 12.4. The van der Waals surface area contributed by atoms with Crippen LogP contribution < -0.4 is 15.2 Å². The molecule has 0 bridgehead atoms. The second-order valence-corrected chi connectivity index (χ2v) is 5.51. The van der Waals surface area contributed by atoms with Gasteiger partial charge in [0.15, 0.2) is 11.5 Å². The molecule has 3 rings (SSSR count). The van der Waals surface area contributed by atoms with Crippen LogP contribution in [0.25, 0.3) is 0 Å². The number of hydrogen-bond acceptors (Lipinski definition) is 7. The van der Waals surface area contributed by atoms with Gasteiger partial charge in [-0.25, -0.2) is 0 Å². The maximum absolute atomic E-state index is 5.75. The fourth-order valence-corrected chi connectivity index (χ4v) is 2.99. The Balaban J connectivity index is 1.71. The number of hydrogen-bond donors (Lipinski definition) is 1. The third-order valence-corrected chi connectivity index (χ3v) is 4.07. The van der Waals surface area contributed by atoms with Gasteiger partial charge < -0.3 is 15.2 Å². The molecule has 2 aromatic rings. The summed E-state index contributed by atoms with van der Waals surface area (Å²) in [6.07, 6.45) is 0.